The highest BCUT2D eigenvalue weighted by Crippen LogP contribution is 2.33. The molecule has 4 N–H and O–H groups in total. The number of carbonyl (C=O) groups excluding carboxylic acids is 1. The fraction of sp³-hybridized carbons (Fsp3) is 0.262. The van der Waals surface area contributed by atoms with Gasteiger partial charge in [0.1, 0.15) is 18.1 Å². The average Bonchev–Trinajstić information content (AvgIpc) is 3.21. The Kier molecular flexibility index (Phi) is 12.2. The summed E-state index contributed by atoms with van der Waals surface area (Å²) in [6, 6.07) is 33.2. The minimum absolute atomic E-state index is 0.0253. The standard InChI is InChI=1S/C42H43ClN6O7S/c43-32-10-8-29(9-11-32)38-7-2-1-4-31(38)27-47-19-21-48(22-20-47)35-14-17-39(41(25-35)56-36-6-3-5-33(44)24-36)42(50)46-57(53,54)37-15-12-34(13-16-37)45-26-30-18-23-55-28-40(30)49(51)52/h1-17,24-25,30,40,45H,18-23,26-28,44H2,(H,46,50). The number of nitrogens with zero attached hydrogens (tertiary/aromatic N) is 3. The van der Waals surface area contributed by atoms with Gasteiger partial charge in [0.15, 0.2) is 0 Å². The summed E-state index contributed by atoms with van der Waals surface area (Å²) in [6.07, 6.45) is 0.542. The van der Waals surface area contributed by atoms with Crippen LogP contribution in [0.15, 0.2) is 120 Å². The lowest BCUT2D eigenvalue weighted by atomic mass is 9.95. The number of rotatable bonds is 13. The van der Waals surface area contributed by atoms with Crippen molar-refractivity contribution in [2.75, 3.05) is 61.9 Å². The van der Waals surface area contributed by atoms with Gasteiger partial charge in [-0.2, -0.15) is 0 Å². The molecule has 0 aliphatic carbocycles. The third-order valence-electron chi connectivity index (χ3n) is 10.3. The molecule has 0 radical (unpaired) electrons. The fourth-order valence-electron chi connectivity index (χ4n) is 7.13. The van der Waals surface area contributed by atoms with Gasteiger partial charge in [-0.3, -0.25) is 19.8 Å². The minimum Gasteiger partial charge on any atom is -0.456 e. The molecule has 0 saturated carbocycles. The van der Waals surface area contributed by atoms with Crippen molar-refractivity contribution in [2.24, 2.45) is 5.92 Å². The van der Waals surface area contributed by atoms with Crippen LogP contribution < -0.4 is 25.4 Å². The first-order valence-corrected chi connectivity index (χ1v) is 20.5. The average molecular weight is 811 g/mol. The summed E-state index contributed by atoms with van der Waals surface area (Å²) in [5.41, 5.74) is 11.4. The second kappa shape index (κ2) is 17.6. The molecule has 2 unspecified atom stereocenters. The number of hydrogen-bond donors (Lipinski definition) is 3. The number of nitro groups is 1. The van der Waals surface area contributed by atoms with Gasteiger partial charge in [-0.05, 0) is 83.8 Å². The summed E-state index contributed by atoms with van der Waals surface area (Å²) in [5.74, 6) is -0.532. The van der Waals surface area contributed by atoms with Crippen LogP contribution in [0.1, 0.15) is 22.3 Å². The molecule has 1 amide bonds. The molecule has 2 atom stereocenters. The molecular formula is C42H43ClN6O7S. The third-order valence-corrected chi connectivity index (χ3v) is 11.9. The van der Waals surface area contributed by atoms with Gasteiger partial charge in [-0.15, -0.1) is 0 Å². The number of nitrogen functional groups attached to an aromatic ring is 1. The number of piperazine rings is 1. The van der Waals surface area contributed by atoms with Crippen molar-refractivity contribution in [3.05, 3.63) is 142 Å². The van der Waals surface area contributed by atoms with E-state index in [2.05, 4.69) is 38.0 Å². The Morgan fingerprint density at radius 1 is 0.930 bits per heavy atom. The minimum atomic E-state index is -4.29. The van der Waals surface area contributed by atoms with Gasteiger partial charge in [0.05, 0.1) is 10.5 Å². The molecule has 7 rings (SSSR count). The molecule has 15 heteroatoms. The highest BCUT2D eigenvalue weighted by Gasteiger charge is 2.34. The van der Waals surface area contributed by atoms with Gasteiger partial charge in [-0.25, -0.2) is 13.1 Å². The lowest BCUT2D eigenvalue weighted by Gasteiger charge is -2.36. The smallest absolute Gasteiger partial charge is 0.268 e. The third kappa shape index (κ3) is 9.84. The first-order valence-electron chi connectivity index (χ1n) is 18.6. The maximum absolute atomic E-state index is 13.7. The lowest BCUT2D eigenvalue weighted by molar-refractivity contribution is -0.539. The van der Waals surface area contributed by atoms with Crippen molar-refractivity contribution in [1.82, 2.24) is 9.62 Å². The number of hydrogen-bond acceptors (Lipinski definition) is 11. The van der Waals surface area contributed by atoms with Crippen molar-refractivity contribution >= 4 is 44.6 Å². The molecule has 5 aromatic rings. The number of amides is 1. The summed E-state index contributed by atoms with van der Waals surface area (Å²) >= 11 is 6.14. The molecule has 5 aromatic carbocycles. The van der Waals surface area contributed by atoms with Gasteiger partial charge in [0.25, 0.3) is 15.9 Å². The van der Waals surface area contributed by atoms with Crippen molar-refractivity contribution in [3.8, 4) is 22.6 Å². The molecule has 2 heterocycles. The van der Waals surface area contributed by atoms with Gasteiger partial charge < -0.3 is 25.4 Å². The number of ether oxygens (including phenoxy) is 2. The maximum atomic E-state index is 13.7. The zero-order valence-corrected chi connectivity index (χ0v) is 32.6. The second-order valence-electron chi connectivity index (χ2n) is 14.1. The number of carbonyl (C=O) groups is 1. The number of sulfonamides is 1. The summed E-state index contributed by atoms with van der Waals surface area (Å²) < 4.78 is 40.5. The Bertz CT molecular complexity index is 2320. The Morgan fingerprint density at radius 2 is 1.68 bits per heavy atom. The van der Waals surface area contributed by atoms with E-state index in [1.165, 1.54) is 23.3 Å². The highest BCUT2D eigenvalue weighted by atomic mass is 35.5. The Balaban J connectivity index is 1.03. The molecule has 2 aliphatic heterocycles. The van der Waals surface area contributed by atoms with E-state index in [1.807, 2.05) is 30.3 Å². The SMILES string of the molecule is Nc1cccc(Oc2cc(N3CCN(Cc4ccccc4-c4ccc(Cl)cc4)CC3)ccc2C(=O)NS(=O)(=O)c2ccc(NCC3CCOCC3[N+](=O)[O-])cc2)c1. The van der Waals surface area contributed by atoms with Gasteiger partial charge in [-0.1, -0.05) is 54.1 Å². The normalized spacial score (nSPS) is 17.5. The Hall–Kier alpha value is -5.67. The molecule has 2 aliphatic rings. The molecule has 0 spiro atoms. The van der Waals surface area contributed by atoms with E-state index in [0.29, 0.717) is 41.7 Å². The highest BCUT2D eigenvalue weighted by molar-refractivity contribution is 7.90. The van der Waals surface area contributed by atoms with Crippen LogP contribution in [0.3, 0.4) is 0 Å². The molecule has 2 fully saturated rings. The summed E-state index contributed by atoms with van der Waals surface area (Å²) in [6.45, 7) is 4.65. The van der Waals surface area contributed by atoms with Crippen LogP contribution in [-0.2, 0) is 21.3 Å². The summed E-state index contributed by atoms with van der Waals surface area (Å²) in [4.78, 5) is 29.3. The zero-order chi connectivity index (χ0) is 39.9. The monoisotopic (exact) mass is 810 g/mol. The van der Waals surface area contributed by atoms with Crippen LogP contribution >= 0.6 is 11.6 Å². The quantitative estimate of drug-likeness (QED) is 0.0642. The van der Waals surface area contributed by atoms with Crippen molar-refractivity contribution in [3.63, 3.8) is 0 Å². The largest absolute Gasteiger partial charge is 0.456 e. The summed E-state index contributed by atoms with van der Waals surface area (Å²) in [7, 11) is -4.29. The maximum Gasteiger partial charge on any atom is 0.268 e. The van der Waals surface area contributed by atoms with E-state index in [9.17, 15) is 23.3 Å². The second-order valence-corrected chi connectivity index (χ2v) is 16.2. The van der Waals surface area contributed by atoms with E-state index < -0.39 is 22.0 Å². The van der Waals surface area contributed by atoms with Gasteiger partial charge in [0, 0.05) is 90.9 Å². The van der Waals surface area contributed by atoms with Crippen LogP contribution in [0.4, 0.5) is 17.1 Å². The zero-order valence-electron chi connectivity index (χ0n) is 31.1. The Labute approximate surface area is 336 Å². The first-order chi connectivity index (χ1) is 27.5. The molecule has 0 bridgehead atoms. The van der Waals surface area contributed by atoms with E-state index >= 15 is 0 Å². The molecule has 13 nitrogen and oxygen atoms in total. The van der Waals surface area contributed by atoms with Crippen LogP contribution in [0, 0.1) is 16.0 Å². The van der Waals surface area contributed by atoms with E-state index in [0.717, 1.165) is 44.0 Å². The molecule has 0 aromatic heterocycles. The van der Waals surface area contributed by atoms with Gasteiger partial charge in [0.2, 0.25) is 6.04 Å². The molecule has 57 heavy (non-hydrogen) atoms. The first kappa shape index (κ1) is 39.6. The van der Waals surface area contributed by atoms with Gasteiger partial charge >= 0.3 is 0 Å². The van der Waals surface area contributed by atoms with Crippen LogP contribution in [-0.4, -0.2) is 76.1 Å². The van der Waals surface area contributed by atoms with Crippen LogP contribution in [0.25, 0.3) is 11.1 Å². The fourth-order valence-corrected chi connectivity index (χ4v) is 8.23. The van der Waals surface area contributed by atoms with Crippen LogP contribution in [0.5, 0.6) is 11.5 Å². The predicted octanol–water partition coefficient (Wildman–Crippen LogP) is 6.92. The topological polar surface area (TPSA) is 169 Å². The lowest BCUT2D eigenvalue weighted by Crippen LogP contribution is -2.46. The van der Waals surface area contributed by atoms with Crippen molar-refractivity contribution in [1.29, 1.82) is 0 Å². The number of halogens is 1. The number of nitrogens with one attached hydrogen (secondary N) is 2. The Morgan fingerprint density at radius 3 is 2.42 bits per heavy atom. The molecule has 296 valence electrons. The predicted molar refractivity (Wildman–Crippen MR) is 221 cm³/mol. The molecular weight excluding hydrogens is 768 g/mol. The van der Waals surface area contributed by atoms with E-state index in [4.69, 9.17) is 26.8 Å². The van der Waals surface area contributed by atoms with Crippen molar-refractivity contribution < 1.29 is 27.6 Å². The summed E-state index contributed by atoms with van der Waals surface area (Å²) in [5, 5.41) is 15.3. The molecule has 2 saturated heterocycles. The van der Waals surface area contributed by atoms with E-state index in [1.54, 1.807) is 54.6 Å². The van der Waals surface area contributed by atoms with Crippen LogP contribution in [0.2, 0.25) is 5.02 Å². The number of anilines is 3. The number of benzene rings is 5. The van der Waals surface area contributed by atoms with Crippen molar-refractivity contribution in [2.45, 2.75) is 23.9 Å². The van der Waals surface area contributed by atoms with E-state index in [-0.39, 0.29) is 33.7 Å². The number of nitrogens with two attached hydrogens (primary N) is 1.